The second kappa shape index (κ2) is 11.3. The van der Waals surface area contributed by atoms with E-state index in [2.05, 4.69) is 26.9 Å². The number of hydrogen-bond donors (Lipinski definition) is 0. The topological polar surface area (TPSA) is 51.2 Å². The first kappa shape index (κ1) is 25.4. The highest BCUT2D eigenvalue weighted by atomic mass is 79.9. The number of hydrogen-bond acceptors (Lipinski definition) is 5. The highest BCUT2D eigenvalue weighted by Gasteiger charge is 2.29. The molecule has 0 aromatic heterocycles. The largest absolute Gasteiger partial charge is 0.493 e. The van der Waals surface area contributed by atoms with Crippen molar-refractivity contribution in [3.05, 3.63) is 58.1 Å². The van der Waals surface area contributed by atoms with Gasteiger partial charge in [-0.1, -0.05) is 36.4 Å². The number of piperidine rings is 1. The minimum atomic E-state index is -0.479. The summed E-state index contributed by atoms with van der Waals surface area (Å²) in [6.07, 6.45) is 1.58. The summed E-state index contributed by atoms with van der Waals surface area (Å²) in [7, 11) is 3.49. The monoisotopic (exact) mass is 518 g/mol. The standard InChI is InChI=1S/C26H35BrN2O4/c1-26(2,3)33-25(30)28(4)21-13-15-29(16-14-21)17-20-11-12-22(31-5)24(23(20)27)32-18-19-9-7-6-8-10-19/h6-12,21H,13-18H2,1-5H3. The molecule has 6 nitrogen and oxygen atoms in total. The van der Waals surface area contributed by atoms with Crippen molar-refractivity contribution in [1.82, 2.24) is 9.80 Å². The summed E-state index contributed by atoms with van der Waals surface area (Å²) in [5, 5.41) is 0. The zero-order chi connectivity index (χ0) is 24.0. The molecule has 1 fully saturated rings. The molecule has 1 amide bonds. The van der Waals surface area contributed by atoms with Gasteiger partial charge in [-0.3, -0.25) is 4.90 Å². The van der Waals surface area contributed by atoms with Crippen molar-refractivity contribution < 1.29 is 19.0 Å². The summed E-state index contributed by atoms with van der Waals surface area (Å²) in [5.74, 6) is 1.43. The van der Waals surface area contributed by atoms with Crippen LogP contribution < -0.4 is 9.47 Å². The first-order chi connectivity index (χ1) is 15.7. The molecule has 7 heteroatoms. The fourth-order valence-corrected chi connectivity index (χ4v) is 4.48. The van der Waals surface area contributed by atoms with Gasteiger partial charge >= 0.3 is 6.09 Å². The van der Waals surface area contributed by atoms with Crippen LogP contribution in [0.5, 0.6) is 11.5 Å². The third-order valence-corrected chi connectivity index (χ3v) is 6.64. The van der Waals surface area contributed by atoms with Crippen molar-refractivity contribution in [3.63, 3.8) is 0 Å². The Balaban J connectivity index is 1.60. The molecule has 0 N–H and O–H groups in total. The molecule has 1 saturated heterocycles. The van der Waals surface area contributed by atoms with E-state index in [0.717, 1.165) is 53.8 Å². The molecule has 0 unspecified atom stereocenters. The molecule has 0 bridgehead atoms. The Morgan fingerprint density at radius 1 is 1.12 bits per heavy atom. The number of benzene rings is 2. The SMILES string of the molecule is COc1ccc(CN2CCC(N(C)C(=O)OC(C)(C)C)CC2)c(Br)c1OCc1ccccc1. The van der Waals surface area contributed by atoms with Crippen LogP contribution in [0.15, 0.2) is 46.9 Å². The van der Waals surface area contributed by atoms with Gasteiger partial charge in [0.15, 0.2) is 11.5 Å². The minimum Gasteiger partial charge on any atom is -0.493 e. The zero-order valence-corrected chi connectivity index (χ0v) is 21.9. The molecule has 0 saturated carbocycles. The Kier molecular flexibility index (Phi) is 8.65. The molecular formula is C26H35BrN2O4. The Morgan fingerprint density at radius 2 is 1.79 bits per heavy atom. The second-order valence-corrected chi connectivity index (χ2v) is 10.2. The van der Waals surface area contributed by atoms with Crippen LogP contribution in [-0.2, 0) is 17.9 Å². The lowest BCUT2D eigenvalue weighted by atomic mass is 10.0. The van der Waals surface area contributed by atoms with Gasteiger partial charge in [0, 0.05) is 32.7 Å². The molecule has 0 atom stereocenters. The van der Waals surface area contributed by atoms with E-state index in [1.165, 1.54) is 0 Å². The Bertz CT molecular complexity index is 922. The number of halogens is 1. The molecule has 180 valence electrons. The van der Waals surface area contributed by atoms with Crippen molar-refractivity contribution in [2.24, 2.45) is 0 Å². The molecular weight excluding hydrogens is 484 g/mol. The molecule has 0 spiro atoms. The maximum absolute atomic E-state index is 12.4. The van der Waals surface area contributed by atoms with E-state index in [0.29, 0.717) is 12.4 Å². The number of likely N-dealkylation sites (tertiary alicyclic amines) is 1. The third kappa shape index (κ3) is 7.11. The van der Waals surface area contributed by atoms with E-state index < -0.39 is 5.60 Å². The molecule has 1 heterocycles. The number of ether oxygens (including phenoxy) is 3. The lowest BCUT2D eigenvalue weighted by Gasteiger charge is -2.37. The second-order valence-electron chi connectivity index (χ2n) is 9.44. The van der Waals surface area contributed by atoms with Crippen molar-refractivity contribution in [2.45, 2.75) is 58.4 Å². The van der Waals surface area contributed by atoms with Crippen LogP contribution in [0.25, 0.3) is 0 Å². The van der Waals surface area contributed by atoms with Gasteiger partial charge in [-0.2, -0.15) is 0 Å². The first-order valence-corrected chi connectivity index (χ1v) is 12.2. The van der Waals surface area contributed by atoms with Gasteiger partial charge in [0.25, 0.3) is 0 Å². The van der Waals surface area contributed by atoms with Gasteiger partial charge < -0.3 is 19.1 Å². The van der Waals surface area contributed by atoms with E-state index in [-0.39, 0.29) is 12.1 Å². The molecule has 2 aromatic rings. The number of carbonyl (C=O) groups excluding carboxylic acids is 1. The Morgan fingerprint density at radius 3 is 2.39 bits per heavy atom. The van der Waals surface area contributed by atoms with E-state index in [1.54, 1.807) is 12.0 Å². The van der Waals surface area contributed by atoms with E-state index in [4.69, 9.17) is 14.2 Å². The smallest absolute Gasteiger partial charge is 0.410 e. The van der Waals surface area contributed by atoms with Crippen LogP contribution in [0.3, 0.4) is 0 Å². The highest BCUT2D eigenvalue weighted by Crippen LogP contribution is 2.39. The van der Waals surface area contributed by atoms with Crippen molar-refractivity contribution in [2.75, 3.05) is 27.2 Å². The summed E-state index contributed by atoms with van der Waals surface area (Å²) in [6, 6.07) is 14.3. The lowest BCUT2D eigenvalue weighted by molar-refractivity contribution is 0.0149. The van der Waals surface area contributed by atoms with Crippen LogP contribution in [-0.4, -0.2) is 54.8 Å². The van der Waals surface area contributed by atoms with E-state index >= 15 is 0 Å². The van der Waals surface area contributed by atoms with E-state index in [1.807, 2.05) is 64.2 Å². The van der Waals surface area contributed by atoms with Gasteiger partial charge in [0.1, 0.15) is 12.2 Å². The molecule has 1 aliphatic rings. The molecule has 0 radical (unpaired) electrons. The normalized spacial score (nSPS) is 15.2. The van der Waals surface area contributed by atoms with Crippen LogP contribution in [0, 0.1) is 0 Å². The van der Waals surface area contributed by atoms with Crippen LogP contribution in [0.1, 0.15) is 44.7 Å². The van der Waals surface area contributed by atoms with Crippen LogP contribution >= 0.6 is 15.9 Å². The van der Waals surface area contributed by atoms with Gasteiger partial charge in [0.05, 0.1) is 11.6 Å². The zero-order valence-electron chi connectivity index (χ0n) is 20.3. The van der Waals surface area contributed by atoms with Gasteiger partial charge in [0.2, 0.25) is 0 Å². The van der Waals surface area contributed by atoms with Crippen molar-refractivity contribution in [1.29, 1.82) is 0 Å². The van der Waals surface area contributed by atoms with Crippen LogP contribution in [0.2, 0.25) is 0 Å². The number of amides is 1. The fourth-order valence-electron chi connectivity index (χ4n) is 3.91. The average Bonchev–Trinajstić information content (AvgIpc) is 2.79. The predicted octanol–water partition coefficient (Wildman–Crippen LogP) is 5.87. The molecule has 33 heavy (non-hydrogen) atoms. The van der Waals surface area contributed by atoms with Gasteiger partial charge in [-0.25, -0.2) is 4.79 Å². The summed E-state index contributed by atoms with van der Waals surface area (Å²) >= 11 is 3.75. The van der Waals surface area contributed by atoms with Gasteiger partial charge in [-0.05, 0) is 66.7 Å². The Hall–Kier alpha value is -2.25. The lowest BCUT2D eigenvalue weighted by Crippen LogP contribution is -2.46. The first-order valence-electron chi connectivity index (χ1n) is 11.4. The maximum Gasteiger partial charge on any atom is 0.410 e. The van der Waals surface area contributed by atoms with Gasteiger partial charge in [-0.15, -0.1) is 0 Å². The number of carbonyl (C=O) groups is 1. The maximum atomic E-state index is 12.4. The minimum absolute atomic E-state index is 0.195. The van der Waals surface area contributed by atoms with Crippen molar-refractivity contribution in [3.8, 4) is 11.5 Å². The van der Waals surface area contributed by atoms with Crippen molar-refractivity contribution >= 4 is 22.0 Å². The third-order valence-electron chi connectivity index (χ3n) is 5.77. The fraction of sp³-hybridized carbons (Fsp3) is 0.500. The molecule has 1 aliphatic heterocycles. The molecule has 3 rings (SSSR count). The predicted molar refractivity (Wildman–Crippen MR) is 134 cm³/mol. The molecule has 0 aliphatic carbocycles. The van der Waals surface area contributed by atoms with E-state index in [9.17, 15) is 4.79 Å². The van der Waals surface area contributed by atoms with Crippen LogP contribution in [0.4, 0.5) is 4.79 Å². The number of methoxy groups -OCH3 is 1. The summed E-state index contributed by atoms with van der Waals surface area (Å²) in [5.41, 5.74) is 1.78. The highest BCUT2D eigenvalue weighted by molar-refractivity contribution is 9.10. The number of nitrogens with zero attached hydrogens (tertiary/aromatic N) is 2. The average molecular weight is 519 g/mol. The quantitative estimate of drug-likeness (QED) is 0.458. The Labute approximate surface area is 205 Å². The number of rotatable bonds is 7. The summed E-state index contributed by atoms with van der Waals surface area (Å²) < 4.78 is 18.1. The summed E-state index contributed by atoms with van der Waals surface area (Å²) in [4.78, 5) is 16.6. The molecule has 2 aromatic carbocycles. The summed E-state index contributed by atoms with van der Waals surface area (Å²) in [6.45, 7) is 8.79.